The molecule has 0 radical (unpaired) electrons. The molecule has 0 aromatic carbocycles. The number of nitrogens with zero attached hydrogens (tertiary/aromatic N) is 2. The van der Waals surface area contributed by atoms with Gasteiger partial charge < -0.3 is 14.7 Å². The molecular weight excluding hydrogens is 208 g/mol. The van der Waals surface area contributed by atoms with Gasteiger partial charge in [-0.3, -0.25) is 0 Å². The van der Waals surface area contributed by atoms with Gasteiger partial charge in [-0.1, -0.05) is 0 Å². The Hall–Kier alpha value is -1.78. The summed E-state index contributed by atoms with van der Waals surface area (Å²) in [5.41, 5.74) is -0.998. The predicted molar refractivity (Wildman–Crippen MR) is 60.9 cm³/mol. The van der Waals surface area contributed by atoms with Crippen molar-refractivity contribution in [3.63, 3.8) is 0 Å². The Balaban J connectivity index is 2.96. The number of carboxylic acids is 1. The number of anilines is 1. The molecule has 0 fully saturated rings. The summed E-state index contributed by atoms with van der Waals surface area (Å²) in [6, 6.07) is 3.47. The second-order valence-electron chi connectivity index (χ2n) is 3.98. The third-order valence-electron chi connectivity index (χ3n) is 2.66. The Morgan fingerprint density at radius 3 is 2.50 bits per heavy atom. The molecule has 0 unspecified atom stereocenters. The first kappa shape index (κ1) is 12.3. The van der Waals surface area contributed by atoms with E-state index in [0.29, 0.717) is 11.6 Å². The number of aliphatic carboxylic acids is 1. The van der Waals surface area contributed by atoms with E-state index in [-0.39, 0.29) is 0 Å². The maximum atomic E-state index is 11.1. The van der Waals surface area contributed by atoms with Crippen molar-refractivity contribution in [2.75, 3.05) is 19.1 Å². The van der Waals surface area contributed by atoms with Gasteiger partial charge in [-0.2, -0.15) is 0 Å². The quantitative estimate of drug-likeness (QED) is 0.837. The minimum Gasteiger partial charge on any atom is -0.495 e. The molecule has 0 amide bonds. The lowest BCUT2D eigenvalue weighted by Gasteiger charge is -2.32. The molecule has 0 atom stereocenters. The van der Waals surface area contributed by atoms with E-state index in [1.54, 1.807) is 51.2 Å². The van der Waals surface area contributed by atoms with Gasteiger partial charge in [0.25, 0.3) is 0 Å². The summed E-state index contributed by atoms with van der Waals surface area (Å²) in [6.45, 7) is 3.25. The monoisotopic (exact) mass is 224 g/mol. The summed E-state index contributed by atoms with van der Waals surface area (Å²) >= 11 is 0. The summed E-state index contributed by atoms with van der Waals surface area (Å²) < 4.78 is 4.98. The molecule has 1 aromatic heterocycles. The number of ether oxygens (including phenoxy) is 1. The van der Waals surface area contributed by atoms with Gasteiger partial charge in [0, 0.05) is 7.05 Å². The molecule has 5 heteroatoms. The zero-order valence-corrected chi connectivity index (χ0v) is 9.89. The first-order valence-corrected chi connectivity index (χ1v) is 4.87. The number of methoxy groups -OCH3 is 1. The standard InChI is InChI=1S/C11H16N2O3/c1-11(2,10(14)15)13(3)9-6-5-8(16-4)7-12-9/h5-7H,1-4H3,(H,14,15). The summed E-state index contributed by atoms with van der Waals surface area (Å²) in [7, 11) is 3.25. The van der Waals surface area contributed by atoms with Crippen molar-refractivity contribution in [3.8, 4) is 5.75 Å². The van der Waals surface area contributed by atoms with Crippen molar-refractivity contribution in [1.29, 1.82) is 0 Å². The van der Waals surface area contributed by atoms with Gasteiger partial charge in [0.2, 0.25) is 0 Å². The van der Waals surface area contributed by atoms with Crippen LogP contribution in [-0.4, -0.2) is 35.8 Å². The summed E-state index contributed by atoms with van der Waals surface area (Å²) in [5, 5.41) is 9.08. The van der Waals surface area contributed by atoms with E-state index in [1.807, 2.05) is 0 Å². The molecule has 0 saturated heterocycles. The number of likely N-dealkylation sites (N-methyl/N-ethyl adjacent to an activating group) is 1. The molecule has 0 aliphatic carbocycles. The van der Waals surface area contributed by atoms with Crippen LogP contribution >= 0.6 is 0 Å². The topological polar surface area (TPSA) is 62.7 Å². The molecule has 5 nitrogen and oxygen atoms in total. The van der Waals surface area contributed by atoms with Crippen LogP contribution < -0.4 is 9.64 Å². The van der Waals surface area contributed by atoms with Gasteiger partial charge in [0.05, 0.1) is 13.3 Å². The predicted octanol–water partition coefficient (Wildman–Crippen LogP) is 1.39. The van der Waals surface area contributed by atoms with E-state index in [0.717, 1.165) is 0 Å². The average molecular weight is 224 g/mol. The highest BCUT2D eigenvalue weighted by Gasteiger charge is 2.32. The average Bonchev–Trinajstić information content (AvgIpc) is 2.28. The number of hydrogen-bond acceptors (Lipinski definition) is 4. The minimum atomic E-state index is -0.998. The maximum Gasteiger partial charge on any atom is 0.328 e. The lowest BCUT2D eigenvalue weighted by Crippen LogP contribution is -2.48. The number of pyridine rings is 1. The van der Waals surface area contributed by atoms with E-state index >= 15 is 0 Å². The van der Waals surface area contributed by atoms with Crippen LogP contribution in [0.15, 0.2) is 18.3 Å². The number of rotatable bonds is 4. The molecule has 1 heterocycles. The lowest BCUT2D eigenvalue weighted by atomic mass is 10.0. The van der Waals surface area contributed by atoms with E-state index in [9.17, 15) is 4.79 Å². The largest absolute Gasteiger partial charge is 0.495 e. The lowest BCUT2D eigenvalue weighted by molar-refractivity contribution is -0.142. The van der Waals surface area contributed by atoms with Gasteiger partial charge in [-0.25, -0.2) is 9.78 Å². The normalized spacial score (nSPS) is 11.0. The number of carboxylic acid groups (broad SMARTS) is 1. The van der Waals surface area contributed by atoms with E-state index in [1.165, 1.54) is 0 Å². The first-order valence-electron chi connectivity index (χ1n) is 4.87. The Kier molecular flexibility index (Phi) is 3.37. The molecule has 0 bridgehead atoms. The molecule has 88 valence electrons. The Morgan fingerprint density at radius 2 is 2.12 bits per heavy atom. The van der Waals surface area contributed by atoms with Crippen LogP contribution in [0.25, 0.3) is 0 Å². The van der Waals surface area contributed by atoms with E-state index in [2.05, 4.69) is 4.98 Å². The third kappa shape index (κ3) is 2.24. The second-order valence-corrected chi connectivity index (χ2v) is 3.98. The Bertz CT molecular complexity index is 373. The van der Waals surface area contributed by atoms with Crippen molar-refractivity contribution < 1.29 is 14.6 Å². The highest BCUT2D eigenvalue weighted by Crippen LogP contribution is 2.21. The highest BCUT2D eigenvalue weighted by atomic mass is 16.5. The van der Waals surface area contributed by atoms with Crippen molar-refractivity contribution in [2.24, 2.45) is 0 Å². The smallest absolute Gasteiger partial charge is 0.328 e. The number of aromatic nitrogens is 1. The fourth-order valence-corrected chi connectivity index (χ4v) is 1.12. The van der Waals surface area contributed by atoms with Crippen molar-refractivity contribution in [2.45, 2.75) is 19.4 Å². The molecular formula is C11H16N2O3. The fourth-order valence-electron chi connectivity index (χ4n) is 1.12. The van der Waals surface area contributed by atoms with Gasteiger partial charge >= 0.3 is 5.97 Å². The van der Waals surface area contributed by atoms with E-state index < -0.39 is 11.5 Å². The van der Waals surface area contributed by atoms with Crippen LogP contribution in [0.2, 0.25) is 0 Å². The molecule has 1 rings (SSSR count). The molecule has 16 heavy (non-hydrogen) atoms. The number of carbonyl (C=O) groups is 1. The van der Waals surface area contributed by atoms with Gasteiger partial charge in [0.15, 0.2) is 0 Å². The van der Waals surface area contributed by atoms with Gasteiger partial charge in [-0.15, -0.1) is 0 Å². The van der Waals surface area contributed by atoms with Crippen LogP contribution in [0, 0.1) is 0 Å². The summed E-state index contributed by atoms with van der Waals surface area (Å²) in [6.07, 6.45) is 1.56. The molecule has 0 spiro atoms. The molecule has 1 N–H and O–H groups in total. The van der Waals surface area contributed by atoms with Crippen molar-refractivity contribution in [3.05, 3.63) is 18.3 Å². The van der Waals surface area contributed by atoms with Gasteiger partial charge in [-0.05, 0) is 26.0 Å². The van der Waals surface area contributed by atoms with Crippen LogP contribution in [0.4, 0.5) is 5.82 Å². The molecule has 0 aliphatic heterocycles. The molecule has 0 aliphatic rings. The van der Waals surface area contributed by atoms with Crippen molar-refractivity contribution >= 4 is 11.8 Å². The van der Waals surface area contributed by atoms with E-state index in [4.69, 9.17) is 9.84 Å². The fraction of sp³-hybridized carbons (Fsp3) is 0.455. The summed E-state index contributed by atoms with van der Waals surface area (Å²) in [5.74, 6) is 0.339. The van der Waals surface area contributed by atoms with Crippen LogP contribution in [0.3, 0.4) is 0 Å². The van der Waals surface area contributed by atoms with Crippen LogP contribution in [0.1, 0.15) is 13.8 Å². The SMILES string of the molecule is COc1ccc(N(C)C(C)(C)C(=O)O)nc1. The zero-order chi connectivity index (χ0) is 12.3. The second kappa shape index (κ2) is 4.38. The highest BCUT2D eigenvalue weighted by molar-refractivity contribution is 5.81. The minimum absolute atomic E-state index is 0.591. The Morgan fingerprint density at radius 1 is 1.50 bits per heavy atom. The third-order valence-corrected chi connectivity index (χ3v) is 2.66. The van der Waals surface area contributed by atoms with Crippen LogP contribution in [0.5, 0.6) is 5.75 Å². The first-order chi connectivity index (χ1) is 7.39. The molecule has 1 aromatic rings. The van der Waals surface area contributed by atoms with Crippen LogP contribution in [-0.2, 0) is 4.79 Å². The summed E-state index contributed by atoms with van der Waals surface area (Å²) in [4.78, 5) is 16.8. The van der Waals surface area contributed by atoms with Gasteiger partial charge in [0.1, 0.15) is 17.1 Å². The number of hydrogen-bond donors (Lipinski definition) is 1. The Labute approximate surface area is 94.7 Å². The molecule has 0 saturated carbocycles. The zero-order valence-electron chi connectivity index (χ0n) is 9.89. The maximum absolute atomic E-state index is 11.1. The van der Waals surface area contributed by atoms with Crippen molar-refractivity contribution in [1.82, 2.24) is 4.98 Å².